The van der Waals surface area contributed by atoms with Gasteiger partial charge in [0.15, 0.2) is 5.82 Å². The molecule has 1 aromatic carbocycles. The Morgan fingerprint density at radius 2 is 2.03 bits per heavy atom. The molecule has 1 amide bonds. The first-order valence-electron chi connectivity index (χ1n) is 9.64. The maximum absolute atomic E-state index is 13.2. The van der Waals surface area contributed by atoms with E-state index in [0.29, 0.717) is 31.1 Å². The van der Waals surface area contributed by atoms with Crippen LogP contribution in [0.15, 0.2) is 35.5 Å². The minimum absolute atomic E-state index is 0.0361. The highest BCUT2D eigenvalue weighted by atomic mass is 35.5. The van der Waals surface area contributed by atoms with Crippen LogP contribution in [0.1, 0.15) is 42.7 Å². The van der Waals surface area contributed by atoms with Crippen LogP contribution in [0.4, 0.5) is 5.82 Å². The Kier molecular flexibility index (Phi) is 6.55. The number of piperidine rings is 1. The van der Waals surface area contributed by atoms with E-state index in [1.165, 1.54) is 33.6 Å². The molecule has 1 aliphatic rings. The number of aromatic nitrogens is 2. The van der Waals surface area contributed by atoms with Gasteiger partial charge in [-0.25, -0.2) is 13.4 Å². The summed E-state index contributed by atoms with van der Waals surface area (Å²) in [6.07, 6.45) is 4.89. The first-order chi connectivity index (χ1) is 13.8. The third kappa shape index (κ3) is 4.44. The molecule has 0 radical (unpaired) electrons. The van der Waals surface area contributed by atoms with Crippen LogP contribution in [0, 0.1) is 12.8 Å². The lowest BCUT2D eigenvalue weighted by molar-refractivity contribution is 0.0987. The highest BCUT2D eigenvalue weighted by Gasteiger charge is 2.31. The van der Waals surface area contributed by atoms with Crippen LogP contribution in [-0.2, 0) is 10.0 Å². The Labute approximate surface area is 176 Å². The second-order valence-electron chi connectivity index (χ2n) is 7.27. The van der Waals surface area contributed by atoms with Gasteiger partial charge in [-0.2, -0.15) is 4.31 Å². The standard InChI is InChI=1S/C20H25ClN4O3S/c1-4-25(19-15(3)22-9-10-23-19)20(26)16-7-8-17(21)18(12-16)29(27,28)24-11-5-6-14(2)13-24/h7-10,12,14H,4-6,11,13H2,1-3H3. The van der Waals surface area contributed by atoms with Crippen molar-refractivity contribution in [2.75, 3.05) is 24.5 Å². The molecule has 0 saturated carbocycles. The predicted octanol–water partition coefficient (Wildman–Crippen LogP) is 3.53. The summed E-state index contributed by atoms with van der Waals surface area (Å²) in [5, 5.41) is 0.110. The van der Waals surface area contributed by atoms with Gasteiger partial charge in [0.2, 0.25) is 10.0 Å². The number of anilines is 1. The maximum atomic E-state index is 13.2. The van der Waals surface area contributed by atoms with Crippen molar-refractivity contribution in [2.24, 2.45) is 5.92 Å². The number of hydrogen-bond acceptors (Lipinski definition) is 5. The zero-order valence-electron chi connectivity index (χ0n) is 16.8. The number of hydrogen-bond donors (Lipinski definition) is 0. The van der Waals surface area contributed by atoms with Crippen LogP contribution in [0.5, 0.6) is 0 Å². The molecule has 156 valence electrons. The summed E-state index contributed by atoms with van der Waals surface area (Å²) in [7, 11) is -3.78. The van der Waals surface area contributed by atoms with Gasteiger partial charge < -0.3 is 0 Å². The number of carbonyl (C=O) groups is 1. The van der Waals surface area contributed by atoms with E-state index in [1.54, 1.807) is 13.1 Å². The molecule has 0 N–H and O–H groups in total. The molecule has 3 rings (SSSR count). The van der Waals surface area contributed by atoms with Crippen molar-refractivity contribution in [1.82, 2.24) is 14.3 Å². The molecule has 1 aromatic heterocycles. The zero-order valence-corrected chi connectivity index (χ0v) is 18.4. The fourth-order valence-electron chi connectivity index (χ4n) is 3.55. The van der Waals surface area contributed by atoms with Crippen LogP contribution in [-0.4, -0.2) is 48.2 Å². The number of amides is 1. The Balaban J connectivity index is 1.98. The van der Waals surface area contributed by atoms with Crippen LogP contribution in [0.2, 0.25) is 5.02 Å². The SMILES string of the molecule is CCN(C(=O)c1ccc(Cl)c(S(=O)(=O)N2CCCC(C)C2)c1)c1nccnc1C. The molecule has 1 saturated heterocycles. The molecule has 9 heteroatoms. The number of halogens is 1. The smallest absolute Gasteiger partial charge is 0.259 e. The lowest BCUT2D eigenvalue weighted by atomic mass is 10.0. The van der Waals surface area contributed by atoms with Crippen molar-refractivity contribution in [3.8, 4) is 0 Å². The van der Waals surface area contributed by atoms with Gasteiger partial charge in [0, 0.05) is 37.6 Å². The number of carbonyl (C=O) groups excluding carboxylic acids is 1. The highest BCUT2D eigenvalue weighted by Crippen LogP contribution is 2.30. The van der Waals surface area contributed by atoms with Crippen LogP contribution < -0.4 is 4.90 Å². The Hall–Kier alpha value is -2.03. The van der Waals surface area contributed by atoms with Gasteiger partial charge in [-0.1, -0.05) is 18.5 Å². The summed E-state index contributed by atoms with van der Waals surface area (Å²) in [6, 6.07) is 4.37. The molecule has 0 aliphatic carbocycles. The van der Waals surface area contributed by atoms with Gasteiger partial charge in [-0.05, 0) is 50.8 Å². The Bertz CT molecular complexity index is 1010. The van der Waals surface area contributed by atoms with Crippen LogP contribution in [0.3, 0.4) is 0 Å². The van der Waals surface area contributed by atoms with Crippen LogP contribution in [0.25, 0.3) is 0 Å². The minimum atomic E-state index is -3.78. The monoisotopic (exact) mass is 436 g/mol. The number of aryl methyl sites for hydroxylation is 1. The third-order valence-electron chi connectivity index (χ3n) is 5.09. The second kappa shape index (κ2) is 8.77. The number of rotatable bonds is 5. The van der Waals surface area contributed by atoms with Crippen molar-refractivity contribution in [3.63, 3.8) is 0 Å². The average molecular weight is 437 g/mol. The molecule has 1 atom stereocenters. The number of nitrogens with zero attached hydrogens (tertiary/aromatic N) is 4. The van der Waals surface area contributed by atoms with Crippen molar-refractivity contribution in [1.29, 1.82) is 0 Å². The first kappa shape index (κ1) is 21.7. The summed E-state index contributed by atoms with van der Waals surface area (Å²) < 4.78 is 27.8. The quantitative estimate of drug-likeness (QED) is 0.715. The van der Waals surface area contributed by atoms with Crippen molar-refractivity contribution in [3.05, 3.63) is 46.9 Å². The summed E-state index contributed by atoms with van der Waals surface area (Å²) >= 11 is 6.24. The Morgan fingerprint density at radius 1 is 1.31 bits per heavy atom. The zero-order chi connectivity index (χ0) is 21.2. The lowest BCUT2D eigenvalue weighted by Crippen LogP contribution is -2.39. The van der Waals surface area contributed by atoms with E-state index in [1.807, 2.05) is 13.8 Å². The minimum Gasteiger partial charge on any atom is -0.291 e. The maximum Gasteiger partial charge on any atom is 0.259 e. The summed E-state index contributed by atoms with van der Waals surface area (Å²) in [5.41, 5.74) is 0.858. The van der Waals surface area contributed by atoms with Gasteiger partial charge >= 0.3 is 0 Å². The van der Waals surface area contributed by atoms with E-state index in [9.17, 15) is 13.2 Å². The van der Waals surface area contributed by atoms with E-state index in [2.05, 4.69) is 9.97 Å². The van der Waals surface area contributed by atoms with Crippen LogP contribution >= 0.6 is 11.6 Å². The second-order valence-corrected chi connectivity index (χ2v) is 9.58. The van der Waals surface area contributed by atoms with E-state index < -0.39 is 10.0 Å². The molecule has 1 unspecified atom stereocenters. The topological polar surface area (TPSA) is 83.5 Å². The van der Waals surface area contributed by atoms with E-state index in [0.717, 1.165) is 12.8 Å². The van der Waals surface area contributed by atoms with Crippen molar-refractivity contribution in [2.45, 2.75) is 38.5 Å². The molecule has 1 aliphatic heterocycles. The fourth-order valence-corrected chi connectivity index (χ4v) is 5.65. The number of sulfonamides is 1. The molecule has 2 heterocycles. The van der Waals surface area contributed by atoms with Gasteiger partial charge in [0.25, 0.3) is 5.91 Å². The molecule has 2 aromatic rings. The van der Waals surface area contributed by atoms with E-state index >= 15 is 0 Å². The van der Waals surface area contributed by atoms with Gasteiger partial charge in [0.05, 0.1) is 10.7 Å². The van der Waals surface area contributed by atoms with Gasteiger partial charge in [0.1, 0.15) is 4.90 Å². The largest absolute Gasteiger partial charge is 0.291 e. The predicted molar refractivity (Wildman–Crippen MR) is 113 cm³/mol. The fraction of sp³-hybridized carbons (Fsp3) is 0.450. The summed E-state index contributed by atoms with van der Waals surface area (Å²) in [4.78, 5) is 23.0. The van der Waals surface area contributed by atoms with E-state index in [4.69, 9.17) is 11.6 Å². The van der Waals surface area contributed by atoms with Gasteiger partial charge in [-0.15, -0.1) is 0 Å². The van der Waals surface area contributed by atoms with Gasteiger partial charge in [-0.3, -0.25) is 14.7 Å². The van der Waals surface area contributed by atoms with Crippen molar-refractivity contribution >= 4 is 33.3 Å². The molecule has 0 spiro atoms. The molecule has 29 heavy (non-hydrogen) atoms. The highest BCUT2D eigenvalue weighted by molar-refractivity contribution is 7.89. The normalized spacial score (nSPS) is 17.9. The lowest BCUT2D eigenvalue weighted by Gasteiger charge is -2.30. The molecule has 0 bridgehead atoms. The molecular formula is C20H25ClN4O3S. The average Bonchev–Trinajstić information content (AvgIpc) is 2.70. The summed E-state index contributed by atoms with van der Waals surface area (Å²) in [6.45, 7) is 6.92. The molecule has 1 fully saturated rings. The summed E-state index contributed by atoms with van der Waals surface area (Å²) in [5.74, 6) is 0.387. The number of benzene rings is 1. The third-order valence-corrected chi connectivity index (χ3v) is 7.43. The molecular weight excluding hydrogens is 412 g/mol. The Morgan fingerprint density at radius 3 is 2.69 bits per heavy atom. The van der Waals surface area contributed by atoms with Crippen molar-refractivity contribution < 1.29 is 13.2 Å². The van der Waals surface area contributed by atoms with E-state index in [-0.39, 0.29) is 27.3 Å². The molecule has 7 nitrogen and oxygen atoms in total. The first-order valence-corrected chi connectivity index (χ1v) is 11.5.